The standard InChI is InChI=1S/C13H20N4O.2ClH/c1-2-17-7-6-10(9-17)8-15-13(18)11-4-3-5-12(14)16-11;;/h3-5,10H,2,6-9H2,1H3,(H2,14,16)(H,15,18);2*1H. The summed E-state index contributed by atoms with van der Waals surface area (Å²) in [5, 5.41) is 2.93. The van der Waals surface area contributed by atoms with Crippen LogP contribution in [0.15, 0.2) is 18.2 Å². The van der Waals surface area contributed by atoms with E-state index in [1.54, 1.807) is 18.2 Å². The van der Waals surface area contributed by atoms with Gasteiger partial charge in [-0.25, -0.2) is 4.98 Å². The van der Waals surface area contributed by atoms with Crippen LogP contribution in [-0.2, 0) is 0 Å². The zero-order valence-electron chi connectivity index (χ0n) is 11.5. The van der Waals surface area contributed by atoms with Gasteiger partial charge in [0.05, 0.1) is 0 Å². The number of nitrogens with one attached hydrogen (secondary N) is 1. The van der Waals surface area contributed by atoms with Crippen molar-refractivity contribution >= 4 is 36.5 Å². The van der Waals surface area contributed by atoms with Gasteiger partial charge in [-0.05, 0) is 37.6 Å². The Hall–Kier alpha value is -1.04. The van der Waals surface area contributed by atoms with Gasteiger partial charge in [-0.3, -0.25) is 4.79 Å². The molecule has 1 atom stereocenters. The van der Waals surface area contributed by atoms with Gasteiger partial charge in [-0.2, -0.15) is 0 Å². The monoisotopic (exact) mass is 320 g/mol. The molecule has 0 aliphatic carbocycles. The fourth-order valence-corrected chi connectivity index (χ4v) is 2.27. The Balaban J connectivity index is 0.00000180. The number of hydrogen-bond acceptors (Lipinski definition) is 4. The van der Waals surface area contributed by atoms with Gasteiger partial charge in [0.25, 0.3) is 5.91 Å². The van der Waals surface area contributed by atoms with Crippen molar-refractivity contribution in [3.05, 3.63) is 23.9 Å². The molecule has 7 heteroatoms. The highest BCUT2D eigenvalue weighted by Gasteiger charge is 2.21. The van der Waals surface area contributed by atoms with Crippen molar-refractivity contribution in [1.82, 2.24) is 15.2 Å². The van der Waals surface area contributed by atoms with Gasteiger partial charge >= 0.3 is 0 Å². The molecule has 20 heavy (non-hydrogen) atoms. The Kier molecular flexibility index (Phi) is 8.53. The van der Waals surface area contributed by atoms with Gasteiger partial charge in [0, 0.05) is 13.1 Å². The van der Waals surface area contributed by atoms with Crippen LogP contribution in [0.3, 0.4) is 0 Å². The second-order valence-corrected chi connectivity index (χ2v) is 4.71. The van der Waals surface area contributed by atoms with Gasteiger partial charge in [-0.1, -0.05) is 13.0 Å². The summed E-state index contributed by atoms with van der Waals surface area (Å²) in [6.45, 7) is 6.17. The summed E-state index contributed by atoms with van der Waals surface area (Å²) < 4.78 is 0. The summed E-state index contributed by atoms with van der Waals surface area (Å²) in [6.07, 6.45) is 1.15. The molecule has 5 nitrogen and oxygen atoms in total. The lowest BCUT2D eigenvalue weighted by atomic mass is 10.1. The smallest absolute Gasteiger partial charge is 0.269 e. The summed E-state index contributed by atoms with van der Waals surface area (Å²) in [6, 6.07) is 5.09. The van der Waals surface area contributed by atoms with Gasteiger partial charge in [0.15, 0.2) is 0 Å². The van der Waals surface area contributed by atoms with E-state index < -0.39 is 0 Å². The second-order valence-electron chi connectivity index (χ2n) is 4.71. The number of halogens is 2. The topological polar surface area (TPSA) is 71.2 Å². The van der Waals surface area contributed by atoms with Crippen LogP contribution in [0.1, 0.15) is 23.8 Å². The number of amides is 1. The number of likely N-dealkylation sites (tertiary alicyclic amines) is 1. The minimum atomic E-state index is -0.141. The first kappa shape index (κ1) is 19.0. The van der Waals surface area contributed by atoms with Crippen molar-refractivity contribution in [1.29, 1.82) is 0 Å². The first-order valence-electron chi connectivity index (χ1n) is 6.42. The van der Waals surface area contributed by atoms with E-state index in [1.165, 1.54) is 0 Å². The molecule has 2 heterocycles. The van der Waals surface area contributed by atoms with E-state index in [-0.39, 0.29) is 30.7 Å². The lowest BCUT2D eigenvalue weighted by molar-refractivity contribution is 0.0942. The summed E-state index contributed by atoms with van der Waals surface area (Å²) in [7, 11) is 0. The van der Waals surface area contributed by atoms with Crippen LogP contribution in [0.4, 0.5) is 5.82 Å². The quantitative estimate of drug-likeness (QED) is 0.883. The molecule has 3 N–H and O–H groups in total. The molecule has 1 aromatic heterocycles. The molecule has 1 saturated heterocycles. The lowest BCUT2D eigenvalue weighted by Crippen LogP contribution is -2.31. The molecular formula is C13H22Cl2N4O. The number of anilines is 1. The number of aromatic nitrogens is 1. The van der Waals surface area contributed by atoms with Gasteiger partial charge < -0.3 is 16.0 Å². The Labute approximate surface area is 132 Å². The number of pyridine rings is 1. The number of nitrogens with two attached hydrogens (primary N) is 1. The Morgan fingerprint density at radius 1 is 1.50 bits per heavy atom. The van der Waals surface area contributed by atoms with Crippen LogP contribution in [-0.4, -0.2) is 42.0 Å². The molecule has 0 aromatic carbocycles. The predicted octanol–water partition coefficient (Wildman–Crippen LogP) is 1.58. The van der Waals surface area contributed by atoms with Crippen molar-refractivity contribution < 1.29 is 4.79 Å². The van der Waals surface area contributed by atoms with Crippen LogP contribution in [0.2, 0.25) is 0 Å². The molecular weight excluding hydrogens is 299 g/mol. The van der Waals surface area contributed by atoms with Crippen LogP contribution < -0.4 is 11.1 Å². The normalized spacial score (nSPS) is 17.9. The van der Waals surface area contributed by atoms with Crippen molar-refractivity contribution in [3.8, 4) is 0 Å². The molecule has 0 bridgehead atoms. The molecule has 0 radical (unpaired) electrons. The van der Waals surface area contributed by atoms with Crippen molar-refractivity contribution in [2.75, 3.05) is 31.9 Å². The maximum atomic E-state index is 11.9. The van der Waals surface area contributed by atoms with Crippen molar-refractivity contribution in [2.45, 2.75) is 13.3 Å². The SMILES string of the molecule is CCN1CCC(CNC(=O)c2cccc(N)n2)C1.Cl.Cl. The average molecular weight is 321 g/mol. The summed E-state index contributed by atoms with van der Waals surface area (Å²) >= 11 is 0. The van der Waals surface area contributed by atoms with Gasteiger partial charge in [0.2, 0.25) is 0 Å². The van der Waals surface area contributed by atoms with E-state index >= 15 is 0 Å². The molecule has 0 saturated carbocycles. The number of carbonyl (C=O) groups is 1. The van der Waals surface area contributed by atoms with Crippen LogP contribution in [0.25, 0.3) is 0 Å². The molecule has 1 aliphatic rings. The minimum absolute atomic E-state index is 0. The van der Waals surface area contributed by atoms with Crippen LogP contribution in [0.5, 0.6) is 0 Å². The summed E-state index contributed by atoms with van der Waals surface area (Å²) in [4.78, 5) is 18.3. The van der Waals surface area contributed by atoms with Crippen molar-refractivity contribution in [3.63, 3.8) is 0 Å². The van der Waals surface area contributed by atoms with E-state index in [2.05, 4.69) is 22.1 Å². The lowest BCUT2D eigenvalue weighted by Gasteiger charge is -2.13. The van der Waals surface area contributed by atoms with Gasteiger partial charge in [0.1, 0.15) is 11.5 Å². The van der Waals surface area contributed by atoms with Crippen LogP contribution >= 0.6 is 24.8 Å². The Morgan fingerprint density at radius 3 is 2.85 bits per heavy atom. The van der Waals surface area contributed by atoms with E-state index in [9.17, 15) is 4.79 Å². The fourth-order valence-electron chi connectivity index (χ4n) is 2.27. The molecule has 1 fully saturated rings. The van der Waals surface area contributed by atoms with Gasteiger partial charge in [-0.15, -0.1) is 24.8 Å². The zero-order chi connectivity index (χ0) is 13.0. The molecule has 1 aromatic rings. The van der Waals surface area contributed by atoms with Crippen LogP contribution in [0, 0.1) is 5.92 Å². The molecule has 1 aliphatic heterocycles. The third-order valence-electron chi connectivity index (χ3n) is 3.37. The number of hydrogen-bond donors (Lipinski definition) is 2. The second kappa shape index (κ2) is 9.00. The minimum Gasteiger partial charge on any atom is -0.384 e. The maximum Gasteiger partial charge on any atom is 0.269 e. The third-order valence-corrected chi connectivity index (χ3v) is 3.37. The number of carbonyl (C=O) groups excluding carboxylic acids is 1. The Bertz CT molecular complexity index is 431. The first-order valence-corrected chi connectivity index (χ1v) is 6.42. The van der Waals surface area contributed by atoms with E-state index in [1.807, 2.05) is 0 Å². The highest BCUT2D eigenvalue weighted by molar-refractivity contribution is 5.92. The largest absolute Gasteiger partial charge is 0.384 e. The molecule has 1 amide bonds. The summed E-state index contributed by atoms with van der Waals surface area (Å²) in [5.74, 6) is 0.785. The molecule has 0 spiro atoms. The zero-order valence-corrected chi connectivity index (χ0v) is 13.2. The first-order chi connectivity index (χ1) is 8.69. The number of rotatable bonds is 4. The number of nitrogens with zero attached hydrogens (tertiary/aromatic N) is 2. The fraction of sp³-hybridized carbons (Fsp3) is 0.538. The highest BCUT2D eigenvalue weighted by atomic mass is 35.5. The van der Waals surface area contributed by atoms with E-state index in [0.29, 0.717) is 24.0 Å². The summed E-state index contributed by atoms with van der Waals surface area (Å²) in [5.41, 5.74) is 5.94. The molecule has 114 valence electrons. The van der Waals surface area contributed by atoms with E-state index in [4.69, 9.17) is 5.73 Å². The predicted molar refractivity (Wildman–Crippen MR) is 85.7 cm³/mol. The third kappa shape index (κ3) is 5.15. The Morgan fingerprint density at radius 2 is 2.25 bits per heavy atom. The average Bonchev–Trinajstić information content (AvgIpc) is 2.84. The highest BCUT2D eigenvalue weighted by Crippen LogP contribution is 2.14. The van der Waals surface area contributed by atoms with E-state index in [0.717, 1.165) is 26.1 Å². The molecule has 2 rings (SSSR count). The molecule has 1 unspecified atom stereocenters. The van der Waals surface area contributed by atoms with Crippen molar-refractivity contribution in [2.24, 2.45) is 5.92 Å². The number of nitrogen functional groups attached to an aromatic ring is 1. The maximum absolute atomic E-state index is 11.9.